The van der Waals surface area contributed by atoms with E-state index in [0.717, 1.165) is 15.6 Å². The van der Waals surface area contributed by atoms with Crippen LogP contribution in [-0.4, -0.2) is 12.0 Å². The highest BCUT2D eigenvalue weighted by atomic mass is 79.9. The van der Waals surface area contributed by atoms with E-state index in [2.05, 4.69) is 21.2 Å². The van der Waals surface area contributed by atoms with Crippen LogP contribution in [-0.2, 0) is 6.42 Å². The van der Waals surface area contributed by atoms with Gasteiger partial charge in [-0.25, -0.2) is 0 Å². The minimum atomic E-state index is -0.330. The summed E-state index contributed by atoms with van der Waals surface area (Å²) in [5, 5.41) is 14.3. The van der Waals surface area contributed by atoms with Crippen molar-refractivity contribution in [3.63, 3.8) is 0 Å². The number of hydrogen-bond donors (Lipinski definition) is 1. The Kier molecular flexibility index (Phi) is 4.87. The molecule has 1 atom stereocenters. The van der Waals surface area contributed by atoms with E-state index in [0.29, 0.717) is 6.42 Å². The molecule has 104 valence electrons. The maximum absolute atomic E-state index is 11.1. The highest BCUT2D eigenvalue weighted by Gasteiger charge is 2.17. The van der Waals surface area contributed by atoms with Crippen LogP contribution in [0.3, 0.4) is 0 Å². The molecule has 0 radical (unpaired) electrons. The lowest BCUT2D eigenvalue weighted by Crippen LogP contribution is -2.19. The van der Waals surface area contributed by atoms with Crippen molar-refractivity contribution in [2.24, 2.45) is 0 Å². The molecular formula is C15H15BrN2O2. The monoisotopic (exact) mass is 334 g/mol. The van der Waals surface area contributed by atoms with Crippen LogP contribution < -0.4 is 5.32 Å². The first-order chi connectivity index (χ1) is 9.61. The maximum atomic E-state index is 11.1. The highest BCUT2D eigenvalue weighted by molar-refractivity contribution is 9.10. The number of nitro benzene ring substituents is 1. The summed E-state index contributed by atoms with van der Waals surface area (Å²) in [6, 6.07) is 14.9. The number of benzene rings is 2. The van der Waals surface area contributed by atoms with Gasteiger partial charge in [0, 0.05) is 22.1 Å². The maximum Gasteiger partial charge on any atom is 0.272 e. The summed E-state index contributed by atoms with van der Waals surface area (Å²) in [6.45, 7) is 0. The smallest absolute Gasteiger partial charge is 0.272 e. The Morgan fingerprint density at radius 3 is 2.45 bits per heavy atom. The van der Waals surface area contributed by atoms with Crippen LogP contribution in [0.5, 0.6) is 0 Å². The zero-order valence-electron chi connectivity index (χ0n) is 11.0. The number of nitrogens with zero attached hydrogens (tertiary/aromatic N) is 1. The van der Waals surface area contributed by atoms with Crippen molar-refractivity contribution in [2.45, 2.75) is 12.5 Å². The molecule has 0 saturated carbocycles. The number of nitrogens with one attached hydrogen (secondary N) is 1. The van der Waals surface area contributed by atoms with Crippen molar-refractivity contribution in [3.05, 3.63) is 74.2 Å². The van der Waals surface area contributed by atoms with E-state index in [4.69, 9.17) is 0 Å². The van der Waals surface area contributed by atoms with Gasteiger partial charge in [0.05, 0.1) is 4.92 Å². The average molecular weight is 335 g/mol. The molecule has 0 aromatic heterocycles. The Hall–Kier alpha value is -1.72. The molecule has 5 heteroatoms. The van der Waals surface area contributed by atoms with Gasteiger partial charge in [-0.05, 0) is 31.2 Å². The average Bonchev–Trinajstić information content (AvgIpc) is 2.46. The van der Waals surface area contributed by atoms with Gasteiger partial charge in [-0.2, -0.15) is 0 Å². The molecule has 1 unspecified atom stereocenters. The molecule has 0 aliphatic carbocycles. The van der Waals surface area contributed by atoms with Crippen molar-refractivity contribution < 1.29 is 4.92 Å². The molecule has 2 rings (SSSR count). The zero-order valence-corrected chi connectivity index (χ0v) is 12.6. The lowest BCUT2D eigenvalue weighted by molar-refractivity contribution is -0.385. The second kappa shape index (κ2) is 6.63. The fourth-order valence-corrected chi connectivity index (χ4v) is 2.43. The van der Waals surface area contributed by atoms with Gasteiger partial charge in [-0.15, -0.1) is 0 Å². The quantitative estimate of drug-likeness (QED) is 0.667. The van der Waals surface area contributed by atoms with Crippen molar-refractivity contribution in [1.82, 2.24) is 5.32 Å². The Labute approximate surface area is 126 Å². The Bertz CT molecular complexity index is 599. The van der Waals surface area contributed by atoms with Crippen LogP contribution >= 0.6 is 15.9 Å². The van der Waals surface area contributed by atoms with Crippen LogP contribution in [0.2, 0.25) is 0 Å². The molecular weight excluding hydrogens is 320 g/mol. The number of para-hydroxylation sites is 1. The van der Waals surface area contributed by atoms with Crippen molar-refractivity contribution in [3.8, 4) is 0 Å². The largest absolute Gasteiger partial charge is 0.313 e. The summed E-state index contributed by atoms with van der Waals surface area (Å²) in [7, 11) is 1.86. The molecule has 0 bridgehead atoms. The zero-order chi connectivity index (χ0) is 14.5. The second-order valence-corrected chi connectivity index (χ2v) is 5.40. The number of hydrogen-bond acceptors (Lipinski definition) is 3. The van der Waals surface area contributed by atoms with E-state index in [1.54, 1.807) is 18.2 Å². The van der Waals surface area contributed by atoms with Crippen LogP contribution in [0.1, 0.15) is 17.2 Å². The summed E-state index contributed by atoms with van der Waals surface area (Å²) < 4.78 is 1.02. The molecule has 0 heterocycles. The van der Waals surface area contributed by atoms with E-state index in [9.17, 15) is 10.1 Å². The Morgan fingerprint density at radius 1 is 1.20 bits per heavy atom. The number of rotatable bonds is 5. The van der Waals surface area contributed by atoms with Gasteiger partial charge in [0.2, 0.25) is 0 Å². The third kappa shape index (κ3) is 3.43. The molecule has 4 nitrogen and oxygen atoms in total. The predicted molar refractivity (Wildman–Crippen MR) is 82.7 cm³/mol. The first-order valence-corrected chi connectivity index (χ1v) is 7.06. The highest BCUT2D eigenvalue weighted by Crippen LogP contribution is 2.25. The van der Waals surface area contributed by atoms with Gasteiger partial charge in [-0.3, -0.25) is 10.1 Å². The molecule has 1 N–H and O–H groups in total. The minimum Gasteiger partial charge on any atom is -0.313 e. The summed E-state index contributed by atoms with van der Waals surface area (Å²) >= 11 is 3.40. The fraction of sp³-hybridized carbons (Fsp3) is 0.200. The molecule has 0 saturated heterocycles. The minimum absolute atomic E-state index is 0.0456. The molecule has 2 aromatic carbocycles. The van der Waals surface area contributed by atoms with Gasteiger partial charge < -0.3 is 5.32 Å². The van der Waals surface area contributed by atoms with Gasteiger partial charge in [0.1, 0.15) is 0 Å². The summed E-state index contributed by atoms with van der Waals surface area (Å²) in [5.74, 6) is 0. The summed E-state index contributed by atoms with van der Waals surface area (Å²) in [6.07, 6.45) is 0.579. The number of nitro groups is 1. The van der Waals surface area contributed by atoms with E-state index < -0.39 is 0 Å². The first-order valence-electron chi connectivity index (χ1n) is 6.27. The van der Waals surface area contributed by atoms with Crippen molar-refractivity contribution in [1.29, 1.82) is 0 Å². The third-order valence-corrected chi connectivity index (χ3v) is 3.76. The van der Waals surface area contributed by atoms with E-state index in [1.807, 2.05) is 37.4 Å². The van der Waals surface area contributed by atoms with Gasteiger partial charge in [0.25, 0.3) is 5.69 Å². The van der Waals surface area contributed by atoms with E-state index >= 15 is 0 Å². The number of likely N-dealkylation sites (N-methyl/N-ethyl adjacent to an activating group) is 1. The second-order valence-electron chi connectivity index (χ2n) is 4.48. The molecule has 0 aliphatic heterocycles. The van der Waals surface area contributed by atoms with Crippen molar-refractivity contribution >= 4 is 21.6 Å². The Balaban J connectivity index is 2.27. The fourth-order valence-electron chi connectivity index (χ4n) is 2.16. The summed E-state index contributed by atoms with van der Waals surface area (Å²) in [4.78, 5) is 10.7. The van der Waals surface area contributed by atoms with Crippen LogP contribution in [0.15, 0.2) is 53.0 Å². The van der Waals surface area contributed by atoms with E-state index in [1.165, 1.54) is 0 Å². The van der Waals surface area contributed by atoms with Gasteiger partial charge in [0.15, 0.2) is 0 Å². The first kappa shape index (κ1) is 14.7. The molecule has 0 spiro atoms. The van der Waals surface area contributed by atoms with Crippen molar-refractivity contribution in [2.75, 3.05) is 7.05 Å². The lowest BCUT2D eigenvalue weighted by atomic mass is 9.98. The summed E-state index contributed by atoms with van der Waals surface area (Å²) in [5.41, 5.74) is 2.01. The number of halogens is 1. The molecule has 0 fully saturated rings. The van der Waals surface area contributed by atoms with Crippen LogP contribution in [0.25, 0.3) is 0 Å². The van der Waals surface area contributed by atoms with Gasteiger partial charge >= 0.3 is 0 Å². The molecule has 0 amide bonds. The lowest BCUT2D eigenvalue weighted by Gasteiger charge is -2.17. The normalized spacial score (nSPS) is 12.1. The van der Waals surface area contributed by atoms with E-state index in [-0.39, 0.29) is 16.7 Å². The molecule has 0 aliphatic rings. The van der Waals surface area contributed by atoms with Crippen LogP contribution in [0, 0.1) is 10.1 Å². The van der Waals surface area contributed by atoms with Crippen LogP contribution in [0.4, 0.5) is 5.69 Å². The topological polar surface area (TPSA) is 55.2 Å². The molecule has 20 heavy (non-hydrogen) atoms. The molecule has 2 aromatic rings. The predicted octanol–water partition coefficient (Wildman–Crippen LogP) is 3.86. The SMILES string of the molecule is CNC(Cc1ccccc1[N+](=O)[O-])c1ccc(Br)cc1. The standard InChI is InChI=1S/C15H15BrN2O2/c1-17-14(11-6-8-13(16)9-7-11)10-12-4-2-3-5-15(12)18(19)20/h2-9,14,17H,10H2,1H3. The third-order valence-electron chi connectivity index (χ3n) is 3.23. The Morgan fingerprint density at radius 2 is 1.85 bits per heavy atom. The van der Waals surface area contributed by atoms with Gasteiger partial charge in [-0.1, -0.05) is 46.3 Å².